The number of aryl methyl sites for hydroxylation is 1. The molecule has 1 aliphatic rings. The topological polar surface area (TPSA) is 46.2 Å². The highest BCUT2D eigenvalue weighted by Gasteiger charge is 2.21. The van der Waals surface area contributed by atoms with E-state index in [1.165, 1.54) is 11.1 Å². The van der Waals surface area contributed by atoms with Crippen LogP contribution >= 0.6 is 12.2 Å². The first-order chi connectivity index (χ1) is 10.8. The average Bonchev–Trinajstić information content (AvgIpc) is 2.55. The van der Waals surface area contributed by atoms with Crippen molar-refractivity contribution in [3.63, 3.8) is 0 Å². The fourth-order valence-electron chi connectivity index (χ4n) is 2.83. The molecule has 0 saturated heterocycles. The van der Waals surface area contributed by atoms with Crippen molar-refractivity contribution in [2.24, 2.45) is 0 Å². The summed E-state index contributed by atoms with van der Waals surface area (Å²) in [5.41, 5.74) is 3.60. The SMILES string of the molecule is COc1ccc2c(c1)CCC[C@@H]2NC(=S)Nc1ccncc1. The van der Waals surface area contributed by atoms with Crippen LogP contribution in [0.15, 0.2) is 42.7 Å². The maximum absolute atomic E-state index is 5.43. The Labute approximate surface area is 135 Å². The molecule has 0 saturated carbocycles. The molecule has 1 atom stereocenters. The van der Waals surface area contributed by atoms with Gasteiger partial charge in [-0.1, -0.05) is 6.07 Å². The van der Waals surface area contributed by atoms with Gasteiger partial charge in [-0.3, -0.25) is 4.98 Å². The summed E-state index contributed by atoms with van der Waals surface area (Å²) in [7, 11) is 1.70. The van der Waals surface area contributed by atoms with E-state index >= 15 is 0 Å². The number of nitrogens with one attached hydrogen (secondary N) is 2. The number of benzene rings is 1. The first-order valence-corrected chi connectivity index (χ1v) is 7.81. The summed E-state index contributed by atoms with van der Waals surface area (Å²) in [6, 6.07) is 10.3. The van der Waals surface area contributed by atoms with Crippen molar-refractivity contribution in [1.29, 1.82) is 0 Å². The lowest BCUT2D eigenvalue weighted by atomic mass is 9.87. The van der Waals surface area contributed by atoms with Gasteiger partial charge < -0.3 is 15.4 Å². The molecule has 4 nitrogen and oxygen atoms in total. The van der Waals surface area contributed by atoms with Crippen molar-refractivity contribution in [2.45, 2.75) is 25.3 Å². The van der Waals surface area contributed by atoms with E-state index in [9.17, 15) is 0 Å². The quantitative estimate of drug-likeness (QED) is 0.850. The third kappa shape index (κ3) is 3.36. The first-order valence-electron chi connectivity index (χ1n) is 7.40. The number of ether oxygens (including phenoxy) is 1. The number of pyridine rings is 1. The second-order valence-electron chi connectivity index (χ2n) is 5.34. The summed E-state index contributed by atoms with van der Waals surface area (Å²) >= 11 is 5.43. The molecule has 2 aromatic rings. The number of fused-ring (bicyclic) bond motifs is 1. The second kappa shape index (κ2) is 6.75. The minimum absolute atomic E-state index is 0.247. The first kappa shape index (κ1) is 14.8. The van der Waals surface area contributed by atoms with Gasteiger partial charge in [0.25, 0.3) is 0 Å². The van der Waals surface area contributed by atoms with E-state index in [1.54, 1.807) is 19.5 Å². The smallest absolute Gasteiger partial charge is 0.171 e. The molecular weight excluding hydrogens is 294 g/mol. The minimum Gasteiger partial charge on any atom is -0.497 e. The minimum atomic E-state index is 0.247. The number of aromatic nitrogens is 1. The molecule has 1 heterocycles. The number of rotatable bonds is 3. The van der Waals surface area contributed by atoms with Gasteiger partial charge in [0.05, 0.1) is 13.2 Å². The van der Waals surface area contributed by atoms with Gasteiger partial charge in [0.2, 0.25) is 0 Å². The molecule has 0 unspecified atom stereocenters. The largest absolute Gasteiger partial charge is 0.497 e. The number of anilines is 1. The fraction of sp³-hybridized carbons (Fsp3) is 0.294. The van der Waals surface area contributed by atoms with Crippen molar-refractivity contribution in [1.82, 2.24) is 10.3 Å². The molecule has 0 radical (unpaired) electrons. The number of thiocarbonyl (C=S) groups is 1. The molecule has 0 amide bonds. The summed E-state index contributed by atoms with van der Waals surface area (Å²) in [5, 5.41) is 7.26. The summed E-state index contributed by atoms with van der Waals surface area (Å²) < 4.78 is 5.31. The highest BCUT2D eigenvalue weighted by atomic mass is 32.1. The molecule has 1 aromatic heterocycles. The van der Waals surface area contributed by atoms with Crippen LogP contribution in [0.3, 0.4) is 0 Å². The van der Waals surface area contributed by atoms with E-state index in [2.05, 4.69) is 27.8 Å². The number of hydrogen-bond donors (Lipinski definition) is 2. The molecule has 1 aromatic carbocycles. The molecule has 22 heavy (non-hydrogen) atoms. The molecule has 114 valence electrons. The number of nitrogens with zero attached hydrogens (tertiary/aromatic N) is 1. The summed E-state index contributed by atoms with van der Waals surface area (Å²) in [4.78, 5) is 4.00. The van der Waals surface area contributed by atoms with Gasteiger partial charge in [0.1, 0.15) is 5.75 Å². The van der Waals surface area contributed by atoms with Crippen LogP contribution in [0.1, 0.15) is 30.0 Å². The van der Waals surface area contributed by atoms with Crippen LogP contribution in [-0.2, 0) is 6.42 Å². The maximum Gasteiger partial charge on any atom is 0.171 e. The molecule has 5 heteroatoms. The lowest BCUT2D eigenvalue weighted by Gasteiger charge is -2.28. The van der Waals surface area contributed by atoms with E-state index in [0.717, 1.165) is 30.7 Å². The number of hydrogen-bond acceptors (Lipinski definition) is 3. The van der Waals surface area contributed by atoms with E-state index in [1.807, 2.05) is 18.2 Å². The normalized spacial score (nSPS) is 16.5. The van der Waals surface area contributed by atoms with Crippen LogP contribution in [-0.4, -0.2) is 17.2 Å². The standard InChI is InChI=1S/C17H19N3OS/c1-21-14-5-6-15-12(11-14)3-2-4-16(15)20-17(22)19-13-7-9-18-10-8-13/h5-11,16H,2-4H2,1H3,(H2,18,19,20,22)/t16-/m0/s1. The number of methoxy groups -OCH3 is 1. The van der Waals surface area contributed by atoms with Gasteiger partial charge in [0, 0.05) is 18.1 Å². The molecule has 0 aliphatic heterocycles. The third-order valence-electron chi connectivity index (χ3n) is 3.91. The Morgan fingerprint density at radius 3 is 2.86 bits per heavy atom. The van der Waals surface area contributed by atoms with E-state index < -0.39 is 0 Å². The molecule has 0 spiro atoms. The van der Waals surface area contributed by atoms with E-state index in [4.69, 9.17) is 17.0 Å². The summed E-state index contributed by atoms with van der Waals surface area (Å²) in [6.45, 7) is 0. The Kier molecular flexibility index (Phi) is 4.53. The lowest BCUT2D eigenvalue weighted by molar-refractivity contribution is 0.412. The molecule has 3 rings (SSSR count). The fourth-order valence-corrected chi connectivity index (χ4v) is 3.09. The molecular formula is C17H19N3OS. The molecule has 0 bridgehead atoms. The Hall–Kier alpha value is -2.14. The van der Waals surface area contributed by atoms with Crippen molar-refractivity contribution >= 4 is 23.0 Å². The van der Waals surface area contributed by atoms with Crippen LogP contribution < -0.4 is 15.4 Å². The predicted molar refractivity (Wildman–Crippen MR) is 92.3 cm³/mol. The Balaban J connectivity index is 1.70. The molecule has 2 N–H and O–H groups in total. The Bertz CT molecular complexity index is 660. The molecule has 0 fully saturated rings. The Morgan fingerprint density at radius 2 is 2.09 bits per heavy atom. The molecule has 1 aliphatic carbocycles. The van der Waals surface area contributed by atoms with Crippen molar-refractivity contribution in [3.8, 4) is 5.75 Å². The van der Waals surface area contributed by atoms with E-state index in [0.29, 0.717) is 5.11 Å². The summed E-state index contributed by atoms with van der Waals surface area (Å²) in [6.07, 6.45) is 6.81. The van der Waals surface area contributed by atoms with Gasteiger partial charge in [-0.05, 0) is 66.9 Å². The van der Waals surface area contributed by atoms with Crippen molar-refractivity contribution < 1.29 is 4.74 Å². The van der Waals surface area contributed by atoms with Gasteiger partial charge in [0.15, 0.2) is 5.11 Å². The monoisotopic (exact) mass is 313 g/mol. The van der Waals surface area contributed by atoms with Crippen molar-refractivity contribution in [3.05, 3.63) is 53.9 Å². The van der Waals surface area contributed by atoms with Gasteiger partial charge in [-0.15, -0.1) is 0 Å². The van der Waals surface area contributed by atoms with Gasteiger partial charge in [-0.25, -0.2) is 0 Å². The van der Waals surface area contributed by atoms with Crippen molar-refractivity contribution in [2.75, 3.05) is 12.4 Å². The maximum atomic E-state index is 5.43. The van der Waals surface area contributed by atoms with E-state index in [-0.39, 0.29) is 6.04 Å². The van der Waals surface area contributed by atoms with Crippen LogP contribution in [0.5, 0.6) is 5.75 Å². The third-order valence-corrected chi connectivity index (χ3v) is 4.13. The zero-order valence-corrected chi connectivity index (χ0v) is 13.3. The zero-order chi connectivity index (χ0) is 15.4. The van der Waals surface area contributed by atoms with Gasteiger partial charge in [-0.2, -0.15) is 0 Å². The van der Waals surface area contributed by atoms with Crippen LogP contribution in [0.25, 0.3) is 0 Å². The highest BCUT2D eigenvalue weighted by molar-refractivity contribution is 7.80. The highest BCUT2D eigenvalue weighted by Crippen LogP contribution is 2.32. The van der Waals surface area contributed by atoms with Gasteiger partial charge >= 0.3 is 0 Å². The average molecular weight is 313 g/mol. The van der Waals surface area contributed by atoms with Crippen LogP contribution in [0.2, 0.25) is 0 Å². The van der Waals surface area contributed by atoms with Crippen LogP contribution in [0.4, 0.5) is 5.69 Å². The zero-order valence-electron chi connectivity index (χ0n) is 12.5. The summed E-state index contributed by atoms with van der Waals surface area (Å²) in [5.74, 6) is 0.914. The Morgan fingerprint density at radius 1 is 1.27 bits per heavy atom. The predicted octanol–water partition coefficient (Wildman–Crippen LogP) is 3.45. The lowest BCUT2D eigenvalue weighted by Crippen LogP contribution is -2.34. The second-order valence-corrected chi connectivity index (χ2v) is 5.75. The van der Waals surface area contributed by atoms with Crippen LogP contribution in [0, 0.1) is 0 Å².